The fourth-order valence-electron chi connectivity index (χ4n) is 2.95. The van der Waals surface area contributed by atoms with Crippen molar-refractivity contribution in [3.8, 4) is 0 Å². The maximum atomic E-state index is 4.54. The lowest BCUT2D eigenvalue weighted by atomic mass is 10.2. The van der Waals surface area contributed by atoms with Crippen molar-refractivity contribution in [2.24, 2.45) is 0 Å². The van der Waals surface area contributed by atoms with E-state index in [2.05, 4.69) is 38.1 Å². The zero-order valence-electron chi connectivity index (χ0n) is 12.6. The molecule has 3 aromatic heterocycles. The van der Waals surface area contributed by atoms with Crippen LogP contribution in [0.25, 0.3) is 5.65 Å². The largest absolute Gasteiger partial charge is 0.351 e. The smallest absolute Gasteiger partial charge is 0.180 e. The summed E-state index contributed by atoms with van der Waals surface area (Å²) >= 11 is 1.86. The Balaban J connectivity index is 1.46. The van der Waals surface area contributed by atoms with Gasteiger partial charge in [0.1, 0.15) is 0 Å². The van der Waals surface area contributed by atoms with Gasteiger partial charge < -0.3 is 9.30 Å². The summed E-state index contributed by atoms with van der Waals surface area (Å²) in [4.78, 5) is 15.3. The first-order valence-electron chi connectivity index (χ1n) is 7.59. The Hall–Kier alpha value is -1.92. The third-order valence-electron chi connectivity index (χ3n) is 4.30. The molecular weight excluding hydrogens is 294 g/mol. The van der Waals surface area contributed by atoms with Crippen LogP contribution < -0.4 is 4.90 Å². The van der Waals surface area contributed by atoms with Crippen molar-refractivity contribution in [1.29, 1.82) is 0 Å². The van der Waals surface area contributed by atoms with E-state index in [0.717, 1.165) is 44.2 Å². The number of rotatable bonds is 3. The van der Waals surface area contributed by atoms with Crippen LogP contribution in [0, 0.1) is 6.92 Å². The maximum Gasteiger partial charge on any atom is 0.180 e. The molecule has 5 nitrogen and oxygen atoms in total. The van der Waals surface area contributed by atoms with Gasteiger partial charge in [-0.2, -0.15) is 0 Å². The molecule has 0 N–H and O–H groups in total. The van der Waals surface area contributed by atoms with Crippen LogP contribution in [0.3, 0.4) is 0 Å². The molecule has 1 saturated heterocycles. The van der Waals surface area contributed by atoms with Crippen LogP contribution >= 0.6 is 11.3 Å². The van der Waals surface area contributed by atoms with Gasteiger partial charge in [-0.25, -0.2) is 9.97 Å². The van der Waals surface area contributed by atoms with Crippen LogP contribution in [-0.4, -0.2) is 45.4 Å². The highest BCUT2D eigenvalue weighted by atomic mass is 32.1. The number of aromatic nitrogens is 3. The highest BCUT2D eigenvalue weighted by molar-refractivity contribution is 7.10. The summed E-state index contributed by atoms with van der Waals surface area (Å²) in [7, 11) is 0. The highest BCUT2D eigenvalue weighted by Crippen LogP contribution is 2.21. The summed E-state index contributed by atoms with van der Waals surface area (Å²) in [6.45, 7) is 7.42. The third-order valence-corrected chi connectivity index (χ3v) is 5.31. The number of hydrogen-bond acceptors (Lipinski definition) is 5. The lowest BCUT2D eigenvalue weighted by Gasteiger charge is -2.35. The van der Waals surface area contributed by atoms with Crippen LogP contribution in [0.1, 0.15) is 10.4 Å². The topological polar surface area (TPSA) is 36.7 Å². The molecule has 1 aliphatic rings. The molecule has 0 aliphatic carbocycles. The van der Waals surface area contributed by atoms with Gasteiger partial charge >= 0.3 is 0 Å². The molecule has 1 aliphatic heterocycles. The fourth-order valence-corrected chi connectivity index (χ4v) is 3.90. The molecular formula is C16H19N5S. The van der Waals surface area contributed by atoms with E-state index in [0.29, 0.717) is 0 Å². The van der Waals surface area contributed by atoms with Gasteiger partial charge in [-0.1, -0.05) is 0 Å². The standard InChI is InChI=1S/C16H19N5S/c1-13-2-11-22-14(13)12-19-7-9-21(10-8-19)16-15-17-3-5-20(15)6-4-18-16/h2-6,11H,7-10,12H2,1H3. The van der Waals surface area contributed by atoms with Gasteiger partial charge in [-0.05, 0) is 23.9 Å². The molecule has 0 unspecified atom stereocenters. The van der Waals surface area contributed by atoms with Crippen LogP contribution in [0.4, 0.5) is 5.82 Å². The number of fused-ring (bicyclic) bond motifs is 1. The van der Waals surface area contributed by atoms with Crippen LogP contribution in [-0.2, 0) is 6.54 Å². The van der Waals surface area contributed by atoms with Gasteiger partial charge in [-0.15, -0.1) is 11.3 Å². The minimum absolute atomic E-state index is 0.949. The number of piperazine rings is 1. The second kappa shape index (κ2) is 5.70. The summed E-state index contributed by atoms with van der Waals surface area (Å²) < 4.78 is 2.03. The second-order valence-electron chi connectivity index (χ2n) is 5.70. The van der Waals surface area contributed by atoms with E-state index in [1.54, 1.807) is 0 Å². The molecule has 0 bridgehead atoms. The average molecular weight is 313 g/mol. The van der Waals surface area contributed by atoms with Crippen molar-refractivity contribution < 1.29 is 0 Å². The van der Waals surface area contributed by atoms with Crippen molar-refractivity contribution in [2.75, 3.05) is 31.1 Å². The third kappa shape index (κ3) is 2.48. The van der Waals surface area contributed by atoms with E-state index >= 15 is 0 Å². The quantitative estimate of drug-likeness (QED) is 0.744. The minimum Gasteiger partial charge on any atom is -0.351 e. The minimum atomic E-state index is 0.949. The van der Waals surface area contributed by atoms with Gasteiger partial charge in [0.25, 0.3) is 0 Å². The molecule has 1 fully saturated rings. The number of anilines is 1. The summed E-state index contributed by atoms with van der Waals surface area (Å²) in [5, 5.41) is 2.18. The Morgan fingerprint density at radius 2 is 1.86 bits per heavy atom. The average Bonchev–Trinajstić information content (AvgIpc) is 3.17. The lowest BCUT2D eigenvalue weighted by Crippen LogP contribution is -2.46. The number of aryl methyl sites for hydroxylation is 1. The van der Waals surface area contributed by atoms with Crippen molar-refractivity contribution in [1.82, 2.24) is 19.3 Å². The molecule has 6 heteroatoms. The molecule has 0 spiro atoms. The second-order valence-corrected chi connectivity index (χ2v) is 6.70. The molecule has 0 radical (unpaired) electrons. The van der Waals surface area contributed by atoms with Gasteiger partial charge in [0.2, 0.25) is 0 Å². The molecule has 0 saturated carbocycles. The predicted molar refractivity (Wildman–Crippen MR) is 89.5 cm³/mol. The van der Waals surface area contributed by atoms with E-state index in [9.17, 15) is 0 Å². The van der Waals surface area contributed by atoms with Gasteiger partial charge in [-0.3, -0.25) is 4.90 Å². The number of thiophene rings is 1. The Morgan fingerprint density at radius 3 is 2.59 bits per heavy atom. The predicted octanol–water partition coefficient (Wildman–Crippen LogP) is 2.42. The lowest BCUT2D eigenvalue weighted by molar-refractivity contribution is 0.251. The van der Waals surface area contributed by atoms with Crippen molar-refractivity contribution in [3.63, 3.8) is 0 Å². The van der Waals surface area contributed by atoms with E-state index in [4.69, 9.17) is 0 Å². The van der Waals surface area contributed by atoms with Crippen LogP contribution in [0.5, 0.6) is 0 Å². The van der Waals surface area contributed by atoms with Crippen LogP contribution in [0.15, 0.2) is 36.2 Å². The van der Waals surface area contributed by atoms with Gasteiger partial charge in [0.15, 0.2) is 11.5 Å². The van der Waals surface area contributed by atoms with Gasteiger partial charge in [0, 0.05) is 62.4 Å². The van der Waals surface area contributed by atoms with Crippen molar-refractivity contribution in [2.45, 2.75) is 13.5 Å². The fraction of sp³-hybridized carbons (Fsp3) is 0.375. The Bertz CT molecular complexity index is 770. The van der Waals surface area contributed by atoms with Crippen molar-refractivity contribution in [3.05, 3.63) is 46.7 Å². The first kappa shape index (κ1) is 13.7. The summed E-state index contributed by atoms with van der Waals surface area (Å²) in [5.74, 6) is 0.999. The molecule has 114 valence electrons. The molecule has 4 heterocycles. The molecule has 4 rings (SSSR count). The van der Waals surface area contributed by atoms with E-state index in [-0.39, 0.29) is 0 Å². The molecule has 0 aromatic carbocycles. The summed E-state index contributed by atoms with van der Waals surface area (Å²) in [6, 6.07) is 2.21. The molecule has 0 amide bonds. The number of hydrogen-bond donors (Lipinski definition) is 0. The molecule has 22 heavy (non-hydrogen) atoms. The molecule has 0 atom stereocenters. The Kier molecular flexibility index (Phi) is 3.56. The monoisotopic (exact) mass is 313 g/mol. The highest BCUT2D eigenvalue weighted by Gasteiger charge is 2.21. The van der Waals surface area contributed by atoms with E-state index in [1.807, 2.05) is 40.5 Å². The SMILES string of the molecule is Cc1ccsc1CN1CCN(c2nccn3ccnc23)CC1. The number of imidazole rings is 1. The summed E-state index contributed by atoms with van der Waals surface area (Å²) in [5.41, 5.74) is 2.36. The van der Waals surface area contributed by atoms with Crippen LogP contribution in [0.2, 0.25) is 0 Å². The van der Waals surface area contributed by atoms with Crippen molar-refractivity contribution >= 4 is 22.8 Å². The van der Waals surface area contributed by atoms with Gasteiger partial charge in [0.05, 0.1) is 0 Å². The first-order valence-corrected chi connectivity index (χ1v) is 8.47. The molecule has 3 aromatic rings. The zero-order chi connectivity index (χ0) is 14.9. The Morgan fingerprint density at radius 1 is 1.09 bits per heavy atom. The summed E-state index contributed by atoms with van der Waals surface area (Å²) in [6.07, 6.45) is 7.60. The van der Waals surface area contributed by atoms with E-state index in [1.165, 1.54) is 10.4 Å². The van der Waals surface area contributed by atoms with E-state index < -0.39 is 0 Å². The normalized spacial score (nSPS) is 16.5. The maximum absolute atomic E-state index is 4.54. The Labute approximate surface area is 133 Å². The number of nitrogens with zero attached hydrogens (tertiary/aromatic N) is 5. The zero-order valence-corrected chi connectivity index (χ0v) is 13.5. The first-order chi connectivity index (χ1) is 10.8.